The summed E-state index contributed by atoms with van der Waals surface area (Å²) in [7, 11) is 0. The van der Waals surface area contributed by atoms with Crippen LogP contribution < -0.4 is 0 Å². The van der Waals surface area contributed by atoms with Crippen molar-refractivity contribution in [3.63, 3.8) is 0 Å². The minimum atomic E-state index is -0.487. The van der Waals surface area contributed by atoms with E-state index in [1.807, 2.05) is 18.2 Å². The van der Waals surface area contributed by atoms with Crippen molar-refractivity contribution in [2.24, 2.45) is 0 Å². The molecule has 13 rings (SSSR count). The van der Waals surface area contributed by atoms with Crippen molar-refractivity contribution in [3.05, 3.63) is 246 Å². The highest BCUT2D eigenvalue weighted by atomic mass is 16.3. The molecule has 0 amide bonds. The second-order valence-corrected chi connectivity index (χ2v) is 17.9. The van der Waals surface area contributed by atoms with Crippen molar-refractivity contribution in [1.82, 2.24) is 15.0 Å². The first-order valence-corrected chi connectivity index (χ1v) is 22.3. The van der Waals surface area contributed by atoms with Crippen LogP contribution in [0.5, 0.6) is 0 Å². The normalized spacial score (nSPS) is 13.9. The molecular formula is C61H41N3O. The van der Waals surface area contributed by atoms with Crippen molar-refractivity contribution in [2.75, 3.05) is 0 Å². The lowest BCUT2D eigenvalue weighted by Crippen LogP contribution is -2.28. The van der Waals surface area contributed by atoms with Crippen LogP contribution in [-0.2, 0) is 10.8 Å². The molecule has 4 heteroatoms. The van der Waals surface area contributed by atoms with Crippen LogP contribution in [0.4, 0.5) is 0 Å². The Bertz CT molecular complexity index is 3630. The molecule has 0 unspecified atom stereocenters. The maximum Gasteiger partial charge on any atom is 0.164 e. The zero-order valence-corrected chi connectivity index (χ0v) is 36.0. The molecule has 11 aromatic rings. The smallest absolute Gasteiger partial charge is 0.164 e. The number of hydrogen-bond acceptors (Lipinski definition) is 4. The van der Waals surface area contributed by atoms with Crippen molar-refractivity contribution in [2.45, 2.75) is 24.7 Å². The van der Waals surface area contributed by atoms with Crippen LogP contribution in [0.1, 0.15) is 47.2 Å². The lowest BCUT2D eigenvalue weighted by molar-refractivity contribution is 0.660. The molecule has 0 fully saturated rings. The summed E-state index contributed by atoms with van der Waals surface area (Å²) in [6.07, 6.45) is 0. The van der Waals surface area contributed by atoms with Crippen molar-refractivity contribution in [1.29, 1.82) is 0 Å². The zero-order chi connectivity index (χ0) is 43.3. The number of aromatic nitrogens is 3. The van der Waals surface area contributed by atoms with Crippen LogP contribution in [0.25, 0.3) is 89.5 Å². The Balaban J connectivity index is 0.918. The van der Waals surface area contributed by atoms with E-state index >= 15 is 0 Å². The van der Waals surface area contributed by atoms with E-state index < -0.39 is 5.41 Å². The van der Waals surface area contributed by atoms with Gasteiger partial charge in [-0.2, -0.15) is 0 Å². The molecule has 0 aliphatic heterocycles. The van der Waals surface area contributed by atoms with Gasteiger partial charge in [-0.25, -0.2) is 15.0 Å². The molecule has 65 heavy (non-hydrogen) atoms. The Labute approximate surface area is 377 Å². The topological polar surface area (TPSA) is 51.8 Å². The van der Waals surface area contributed by atoms with Gasteiger partial charge in [0.2, 0.25) is 0 Å². The maximum atomic E-state index is 6.74. The third kappa shape index (κ3) is 5.53. The largest absolute Gasteiger partial charge is 0.456 e. The second kappa shape index (κ2) is 14.2. The molecule has 9 aromatic carbocycles. The molecule has 4 nitrogen and oxygen atoms in total. The average molecular weight is 832 g/mol. The molecule has 2 aromatic heterocycles. The Morgan fingerprint density at radius 1 is 0.338 bits per heavy atom. The van der Waals surface area contributed by atoms with Gasteiger partial charge in [-0.05, 0) is 91.0 Å². The highest BCUT2D eigenvalue weighted by molar-refractivity contribution is 6.09. The molecule has 0 saturated carbocycles. The zero-order valence-electron chi connectivity index (χ0n) is 36.0. The molecule has 2 aliphatic carbocycles. The molecular weight excluding hydrogens is 791 g/mol. The number of furan rings is 1. The summed E-state index contributed by atoms with van der Waals surface area (Å²) in [4.78, 5) is 15.5. The molecule has 0 bridgehead atoms. The summed E-state index contributed by atoms with van der Waals surface area (Å²) in [6, 6.07) is 76.0. The first-order valence-electron chi connectivity index (χ1n) is 22.3. The summed E-state index contributed by atoms with van der Waals surface area (Å²) in [5.74, 6) is 1.95. The lowest BCUT2D eigenvalue weighted by atomic mass is 9.67. The number of fused-ring (bicyclic) bond motifs is 9. The van der Waals surface area contributed by atoms with E-state index in [2.05, 4.69) is 208 Å². The molecule has 0 atom stereocenters. The number of nitrogens with zero attached hydrogens (tertiary/aromatic N) is 3. The fourth-order valence-electron chi connectivity index (χ4n) is 11.0. The fraction of sp³-hybridized carbons (Fsp3) is 0.0656. The van der Waals surface area contributed by atoms with E-state index in [-0.39, 0.29) is 5.41 Å². The van der Waals surface area contributed by atoms with Crippen LogP contribution >= 0.6 is 0 Å². The number of rotatable bonds is 6. The molecule has 0 N–H and O–H groups in total. The van der Waals surface area contributed by atoms with Crippen LogP contribution in [-0.4, -0.2) is 15.0 Å². The van der Waals surface area contributed by atoms with Gasteiger partial charge >= 0.3 is 0 Å². The van der Waals surface area contributed by atoms with Gasteiger partial charge in [-0.3, -0.25) is 0 Å². The van der Waals surface area contributed by atoms with E-state index in [0.29, 0.717) is 17.5 Å². The lowest BCUT2D eigenvalue weighted by Gasteiger charge is -2.33. The van der Waals surface area contributed by atoms with Crippen LogP contribution in [0.2, 0.25) is 0 Å². The van der Waals surface area contributed by atoms with Gasteiger partial charge in [0.1, 0.15) is 11.2 Å². The molecule has 306 valence electrons. The summed E-state index contributed by atoms with van der Waals surface area (Å²) >= 11 is 0. The SMILES string of the molecule is CC1(C)c2ccccc2-c2c(-c3nc(-c4ccccc4)nc(-c4ccc(-c5ccc6oc7cc8c(cc7c6c5)-c5ccccc5C8(c5ccccc5)c5ccccc5)cc4)n3)cccc21. The minimum Gasteiger partial charge on any atom is -0.456 e. The first-order chi connectivity index (χ1) is 32.0. The van der Waals surface area contributed by atoms with Gasteiger partial charge in [0.15, 0.2) is 17.5 Å². The summed E-state index contributed by atoms with van der Waals surface area (Å²) in [5.41, 5.74) is 18.7. The Morgan fingerprint density at radius 2 is 0.862 bits per heavy atom. The number of benzene rings is 9. The van der Waals surface area contributed by atoms with E-state index in [4.69, 9.17) is 19.4 Å². The monoisotopic (exact) mass is 831 g/mol. The van der Waals surface area contributed by atoms with Crippen LogP contribution in [0, 0.1) is 0 Å². The summed E-state index contributed by atoms with van der Waals surface area (Å²) < 4.78 is 6.74. The average Bonchev–Trinajstić information content (AvgIpc) is 3.96. The Kier molecular flexibility index (Phi) is 8.13. The van der Waals surface area contributed by atoms with E-state index in [9.17, 15) is 0 Å². The molecule has 2 aliphatic rings. The van der Waals surface area contributed by atoms with Crippen molar-refractivity contribution < 1.29 is 4.42 Å². The van der Waals surface area contributed by atoms with Crippen molar-refractivity contribution >= 4 is 21.9 Å². The highest BCUT2D eigenvalue weighted by Gasteiger charge is 2.46. The molecule has 0 saturated heterocycles. The standard InChI is InChI=1S/C61H41N3O/c1-60(2)50-26-14-13-24-45(50)56-46(25-16-28-52(56)60)59-63-57(39-17-6-3-7-18-39)62-58(64-59)40-31-29-38(30-32-40)41-33-34-54-48(35-41)49-36-47-44-23-12-15-27-51(44)61(42-19-8-4-9-20-42,43-21-10-5-11-22-43)53(47)37-55(49)65-54/h3-37H,1-2H3. The third-order valence-electron chi connectivity index (χ3n) is 14.0. The van der Waals surface area contributed by atoms with Crippen LogP contribution in [0.3, 0.4) is 0 Å². The van der Waals surface area contributed by atoms with Gasteiger partial charge in [0.25, 0.3) is 0 Å². The van der Waals surface area contributed by atoms with Gasteiger partial charge in [0, 0.05) is 32.9 Å². The molecule has 0 radical (unpaired) electrons. The molecule has 2 heterocycles. The van der Waals surface area contributed by atoms with E-state index in [1.165, 1.54) is 55.6 Å². The second-order valence-electron chi connectivity index (χ2n) is 17.9. The van der Waals surface area contributed by atoms with E-state index in [0.717, 1.165) is 49.8 Å². The fourth-order valence-corrected chi connectivity index (χ4v) is 11.0. The van der Waals surface area contributed by atoms with Gasteiger partial charge in [-0.15, -0.1) is 0 Å². The molecule has 0 spiro atoms. The maximum absolute atomic E-state index is 6.74. The van der Waals surface area contributed by atoms with Crippen LogP contribution in [0.15, 0.2) is 217 Å². The predicted octanol–water partition coefficient (Wildman–Crippen LogP) is 15.1. The highest BCUT2D eigenvalue weighted by Crippen LogP contribution is 2.57. The Morgan fingerprint density at radius 3 is 1.57 bits per heavy atom. The number of hydrogen-bond donors (Lipinski definition) is 0. The van der Waals surface area contributed by atoms with Gasteiger partial charge < -0.3 is 4.42 Å². The summed E-state index contributed by atoms with van der Waals surface area (Å²) in [5, 5.41) is 2.20. The van der Waals surface area contributed by atoms with Gasteiger partial charge in [0.05, 0.1) is 5.41 Å². The predicted molar refractivity (Wildman–Crippen MR) is 264 cm³/mol. The third-order valence-corrected chi connectivity index (χ3v) is 14.0. The quantitative estimate of drug-likeness (QED) is 0.167. The van der Waals surface area contributed by atoms with E-state index in [1.54, 1.807) is 0 Å². The summed E-state index contributed by atoms with van der Waals surface area (Å²) in [6.45, 7) is 4.61. The Hall–Kier alpha value is -8.21. The van der Waals surface area contributed by atoms with Crippen molar-refractivity contribution in [3.8, 4) is 67.5 Å². The van der Waals surface area contributed by atoms with Gasteiger partial charge in [-0.1, -0.05) is 202 Å². The first kappa shape index (κ1) is 37.4. The minimum absolute atomic E-state index is 0.135.